The highest BCUT2D eigenvalue weighted by Gasteiger charge is 2.59. The van der Waals surface area contributed by atoms with Crippen LogP contribution >= 0.6 is 0 Å². The van der Waals surface area contributed by atoms with E-state index in [0.29, 0.717) is 32.1 Å². The van der Waals surface area contributed by atoms with Crippen molar-refractivity contribution in [2.45, 2.75) is 81.3 Å². The third kappa shape index (κ3) is 3.21. The van der Waals surface area contributed by atoms with Gasteiger partial charge in [-0.1, -0.05) is 0 Å². The summed E-state index contributed by atoms with van der Waals surface area (Å²) in [6, 6.07) is 0. The van der Waals surface area contributed by atoms with Crippen molar-refractivity contribution >= 4 is 5.97 Å². The van der Waals surface area contributed by atoms with Gasteiger partial charge in [-0.3, -0.25) is 4.79 Å². The summed E-state index contributed by atoms with van der Waals surface area (Å²) in [7, 11) is 0. The van der Waals surface area contributed by atoms with Crippen LogP contribution in [0, 0.1) is 11.8 Å². The van der Waals surface area contributed by atoms with Crippen molar-refractivity contribution in [3.63, 3.8) is 0 Å². The Bertz CT molecular complexity index is 486. The number of rotatable bonds is 5. The van der Waals surface area contributed by atoms with Crippen molar-refractivity contribution in [2.24, 2.45) is 11.8 Å². The average Bonchev–Trinajstić information content (AvgIpc) is 2.31. The van der Waals surface area contributed by atoms with Crippen molar-refractivity contribution in [1.82, 2.24) is 0 Å². The number of aliphatic hydroxyl groups is 1. The lowest BCUT2D eigenvalue weighted by atomic mass is 9.52. The summed E-state index contributed by atoms with van der Waals surface area (Å²) in [5, 5.41) is 10.5. The topological polar surface area (TPSA) is 46.5 Å². The van der Waals surface area contributed by atoms with E-state index in [1.807, 2.05) is 0 Å². The van der Waals surface area contributed by atoms with Gasteiger partial charge in [-0.05, 0) is 43.9 Å². The largest absolute Gasteiger partial charge is 0.459 e. The molecular weight excluding hydrogens is 316 g/mol. The maximum absolute atomic E-state index is 13.3. The Kier molecular flexibility index (Phi) is 3.75. The van der Waals surface area contributed by atoms with Crippen LogP contribution in [0.2, 0.25) is 0 Å². The first kappa shape index (κ1) is 17.0. The maximum Gasteiger partial charge on any atom is 0.310 e. The monoisotopic (exact) mass is 338 g/mol. The van der Waals surface area contributed by atoms with Gasteiger partial charge in [0.2, 0.25) is 0 Å². The van der Waals surface area contributed by atoms with Gasteiger partial charge >= 0.3 is 17.8 Å². The van der Waals surface area contributed by atoms with Gasteiger partial charge in [0.15, 0.2) is 0 Å². The Morgan fingerprint density at radius 1 is 1.17 bits per heavy atom. The molecule has 4 rings (SSSR count). The third-order valence-corrected chi connectivity index (χ3v) is 5.59. The Hall–Kier alpha value is -0.850. The lowest BCUT2D eigenvalue weighted by molar-refractivity contribution is -0.224. The highest BCUT2D eigenvalue weighted by molar-refractivity contribution is 5.70. The fraction of sp³-hybridized carbons (Fsp3) is 0.938. The number of hydrogen-bond donors (Lipinski definition) is 1. The quantitative estimate of drug-likeness (QED) is 0.614. The molecule has 23 heavy (non-hydrogen) atoms. The Labute approximate surface area is 132 Å². The Balaban J connectivity index is 1.60. The highest BCUT2D eigenvalue weighted by atomic mass is 19.3. The average molecular weight is 338 g/mol. The molecule has 0 saturated heterocycles. The van der Waals surface area contributed by atoms with E-state index in [-0.39, 0.29) is 18.8 Å². The normalized spacial score (nSPS) is 39.6. The molecule has 4 fully saturated rings. The molecule has 3 nitrogen and oxygen atoms in total. The summed E-state index contributed by atoms with van der Waals surface area (Å²) in [4.78, 5) is 11.9. The summed E-state index contributed by atoms with van der Waals surface area (Å²) in [5.41, 5.74) is -1.62. The number of hydrogen-bond acceptors (Lipinski definition) is 3. The standard InChI is InChI=1S/C16H22F4O3/c1-13(17,18)16(19,20)3-2-12(21)23-15-7-10-4-11(8-15)6-14(22,5-10)9-15/h10-11,22H,2-9H2,1H3. The lowest BCUT2D eigenvalue weighted by Gasteiger charge is -2.59. The zero-order valence-electron chi connectivity index (χ0n) is 13.1. The first-order valence-corrected chi connectivity index (χ1v) is 8.12. The van der Waals surface area contributed by atoms with Crippen LogP contribution in [0.1, 0.15) is 58.3 Å². The SMILES string of the molecule is CC(F)(F)C(F)(F)CCC(=O)OC12CC3CC(CC(O)(C3)C1)C2. The summed E-state index contributed by atoms with van der Waals surface area (Å²) in [5.74, 6) is -8.69. The minimum atomic E-state index is -4.23. The van der Waals surface area contributed by atoms with Gasteiger partial charge in [-0.2, -0.15) is 8.78 Å². The van der Waals surface area contributed by atoms with E-state index in [9.17, 15) is 27.5 Å². The van der Waals surface area contributed by atoms with Gasteiger partial charge in [-0.25, -0.2) is 8.78 Å². The molecule has 0 aromatic heterocycles. The van der Waals surface area contributed by atoms with E-state index >= 15 is 0 Å². The fourth-order valence-electron chi connectivity index (χ4n) is 5.02. The minimum Gasteiger partial charge on any atom is -0.459 e. The van der Waals surface area contributed by atoms with E-state index in [0.717, 1.165) is 6.42 Å². The van der Waals surface area contributed by atoms with Crippen LogP contribution in [0.4, 0.5) is 17.6 Å². The highest BCUT2D eigenvalue weighted by Crippen LogP contribution is 2.59. The molecule has 0 aromatic rings. The molecule has 0 spiro atoms. The van der Waals surface area contributed by atoms with E-state index < -0.39 is 41.9 Å². The maximum atomic E-state index is 13.3. The zero-order valence-corrected chi connectivity index (χ0v) is 13.1. The Morgan fingerprint density at radius 2 is 1.74 bits per heavy atom. The molecule has 0 heterocycles. The first-order valence-electron chi connectivity index (χ1n) is 8.12. The fourth-order valence-corrected chi connectivity index (χ4v) is 5.02. The van der Waals surface area contributed by atoms with E-state index in [1.165, 1.54) is 0 Å². The molecule has 0 aliphatic heterocycles. The smallest absolute Gasteiger partial charge is 0.310 e. The second-order valence-corrected chi connectivity index (χ2v) is 7.94. The van der Waals surface area contributed by atoms with Gasteiger partial charge < -0.3 is 9.84 Å². The molecule has 7 heteroatoms. The summed E-state index contributed by atoms with van der Waals surface area (Å²) in [6.45, 7) is 0.146. The molecule has 4 bridgehead atoms. The van der Waals surface area contributed by atoms with Crippen molar-refractivity contribution in [1.29, 1.82) is 0 Å². The molecule has 0 aromatic carbocycles. The Morgan fingerprint density at radius 3 is 2.22 bits per heavy atom. The van der Waals surface area contributed by atoms with Crippen LogP contribution in [0.25, 0.3) is 0 Å². The van der Waals surface area contributed by atoms with Crippen molar-refractivity contribution in [3.8, 4) is 0 Å². The minimum absolute atomic E-state index is 0.146. The van der Waals surface area contributed by atoms with E-state index in [1.54, 1.807) is 0 Å². The molecule has 4 saturated carbocycles. The molecule has 0 amide bonds. The predicted octanol–water partition coefficient (Wildman–Crippen LogP) is 3.68. The third-order valence-electron chi connectivity index (χ3n) is 5.59. The van der Waals surface area contributed by atoms with Gasteiger partial charge in [0.25, 0.3) is 0 Å². The zero-order chi connectivity index (χ0) is 17.1. The van der Waals surface area contributed by atoms with Gasteiger partial charge in [0.05, 0.1) is 12.0 Å². The van der Waals surface area contributed by atoms with Crippen LogP contribution in [-0.4, -0.2) is 34.1 Å². The van der Waals surface area contributed by atoms with Crippen LogP contribution in [0.15, 0.2) is 0 Å². The van der Waals surface area contributed by atoms with Gasteiger partial charge in [-0.15, -0.1) is 0 Å². The van der Waals surface area contributed by atoms with Crippen LogP contribution in [0.5, 0.6) is 0 Å². The van der Waals surface area contributed by atoms with E-state index in [4.69, 9.17) is 4.74 Å². The second-order valence-electron chi connectivity index (χ2n) is 7.94. The van der Waals surface area contributed by atoms with Crippen molar-refractivity contribution in [3.05, 3.63) is 0 Å². The predicted molar refractivity (Wildman–Crippen MR) is 73.3 cm³/mol. The van der Waals surface area contributed by atoms with Gasteiger partial charge in [0.1, 0.15) is 5.60 Å². The second kappa shape index (κ2) is 5.07. The molecule has 1 N–H and O–H groups in total. The number of esters is 1. The first-order chi connectivity index (χ1) is 10.4. The molecule has 2 unspecified atom stereocenters. The van der Waals surface area contributed by atoms with Crippen molar-refractivity contribution < 1.29 is 32.2 Å². The molecule has 4 aliphatic carbocycles. The van der Waals surface area contributed by atoms with Crippen LogP contribution in [-0.2, 0) is 9.53 Å². The molecule has 0 radical (unpaired) electrons. The van der Waals surface area contributed by atoms with Crippen molar-refractivity contribution in [2.75, 3.05) is 0 Å². The summed E-state index contributed by atoms with van der Waals surface area (Å²) < 4.78 is 57.5. The lowest BCUT2D eigenvalue weighted by Crippen LogP contribution is -2.60. The number of alkyl halides is 4. The molecular formula is C16H22F4O3. The summed E-state index contributed by atoms with van der Waals surface area (Å²) >= 11 is 0. The number of halogens is 4. The molecule has 4 aliphatic rings. The van der Waals surface area contributed by atoms with Crippen LogP contribution < -0.4 is 0 Å². The summed E-state index contributed by atoms with van der Waals surface area (Å²) in [6.07, 6.45) is 2.02. The molecule has 132 valence electrons. The van der Waals surface area contributed by atoms with Crippen LogP contribution in [0.3, 0.4) is 0 Å². The number of carbonyl (C=O) groups excluding carboxylic acids is 1. The molecule has 2 atom stereocenters. The number of ether oxygens (including phenoxy) is 1. The van der Waals surface area contributed by atoms with E-state index in [2.05, 4.69) is 0 Å². The number of carbonyl (C=O) groups is 1. The van der Waals surface area contributed by atoms with Gasteiger partial charge in [0, 0.05) is 19.8 Å².